The average Bonchev–Trinajstić information content (AvgIpc) is 2.52. The molecule has 0 unspecified atom stereocenters. The lowest BCUT2D eigenvalue weighted by Gasteiger charge is -2.33. The number of hydrogen-bond acceptors (Lipinski definition) is 6. The van der Waals surface area contributed by atoms with E-state index in [1.54, 1.807) is 4.90 Å². The number of piperidine rings is 1. The molecule has 0 aromatic carbocycles. The number of anilines is 1. The molecule has 2 heterocycles. The van der Waals surface area contributed by atoms with Gasteiger partial charge in [0.25, 0.3) is 0 Å². The number of carboxylic acid groups (broad SMARTS) is 1. The van der Waals surface area contributed by atoms with Crippen LogP contribution < -0.4 is 16.2 Å². The Labute approximate surface area is 148 Å². The molecule has 0 aliphatic carbocycles. The molecule has 26 heavy (non-hydrogen) atoms. The van der Waals surface area contributed by atoms with Crippen molar-refractivity contribution in [2.24, 2.45) is 0 Å². The summed E-state index contributed by atoms with van der Waals surface area (Å²) in [7, 11) is 0. The second-order valence-electron chi connectivity index (χ2n) is 5.84. The van der Waals surface area contributed by atoms with Crippen LogP contribution in [0.5, 0.6) is 0 Å². The van der Waals surface area contributed by atoms with Gasteiger partial charge < -0.3 is 25.7 Å². The Kier molecular flexibility index (Phi) is 7.37. The first-order valence-corrected chi connectivity index (χ1v) is 7.86. The van der Waals surface area contributed by atoms with Crippen molar-refractivity contribution in [1.29, 1.82) is 0 Å². The number of esters is 1. The first-order valence-electron chi connectivity index (χ1n) is 7.86. The van der Waals surface area contributed by atoms with Gasteiger partial charge in [0.15, 0.2) is 0 Å². The molecule has 10 heteroatoms. The van der Waals surface area contributed by atoms with E-state index < -0.39 is 23.8 Å². The fourth-order valence-corrected chi connectivity index (χ4v) is 2.76. The van der Waals surface area contributed by atoms with Gasteiger partial charge in [-0.05, 0) is 24.5 Å². The molecule has 1 saturated heterocycles. The van der Waals surface area contributed by atoms with E-state index >= 15 is 0 Å². The zero-order chi connectivity index (χ0) is 18.6. The first kappa shape index (κ1) is 21.7. The summed E-state index contributed by atoms with van der Waals surface area (Å²) in [5.74, 6) is -1.55. The number of carboxylic acids is 1. The smallest absolute Gasteiger partial charge is 0.433 e. The predicted octanol–water partition coefficient (Wildman–Crippen LogP) is 1.69. The van der Waals surface area contributed by atoms with Crippen molar-refractivity contribution in [3.8, 4) is 0 Å². The van der Waals surface area contributed by atoms with Gasteiger partial charge in [0.2, 0.25) is 0 Å². The van der Waals surface area contributed by atoms with E-state index in [0.717, 1.165) is 6.07 Å². The van der Waals surface area contributed by atoms with Crippen molar-refractivity contribution < 1.29 is 32.6 Å². The van der Waals surface area contributed by atoms with E-state index in [2.05, 4.69) is 4.98 Å². The number of halogens is 3. The summed E-state index contributed by atoms with van der Waals surface area (Å²) in [5, 5.41) is 10.7. The minimum Gasteiger partial charge on any atom is -0.550 e. The third-order valence-electron chi connectivity index (χ3n) is 3.92. The fraction of sp³-hybridized carbons (Fsp3) is 0.562. The first-order chi connectivity index (χ1) is 11.7. The average molecular weight is 377 g/mol. The van der Waals surface area contributed by atoms with E-state index in [1.165, 1.54) is 13.0 Å². The number of aryl methyl sites for hydroxylation is 1. The highest BCUT2D eigenvalue weighted by Crippen LogP contribution is 2.32. The van der Waals surface area contributed by atoms with Gasteiger partial charge in [0.1, 0.15) is 17.6 Å². The molecule has 2 rings (SSSR count). The van der Waals surface area contributed by atoms with Crippen LogP contribution in [0.25, 0.3) is 0 Å². The Hall–Kier alpha value is -2.36. The van der Waals surface area contributed by atoms with Gasteiger partial charge in [-0.3, -0.25) is 4.79 Å². The zero-order valence-corrected chi connectivity index (χ0v) is 14.6. The van der Waals surface area contributed by atoms with Gasteiger partial charge in [0, 0.05) is 38.8 Å². The number of pyridine rings is 1. The van der Waals surface area contributed by atoms with E-state index in [1.807, 2.05) is 0 Å². The van der Waals surface area contributed by atoms with Gasteiger partial charge in [-0.25, -0.2) is 4.98 Å². The summed E-state index contributed by atoms with van der Waals surface area (Å²) in [6.07, 6.45) is -4.19. The Bertz CT molecular complexity index is 644. The molecule has 0 radical (unpaired) electrons. The van der Waals surface area contributed by atoms with Crippen LogP contribution in [0, 0.1) is 0 Å². The van der Waals surface area contributed by atoms with Gasteiger partial charge in [-0.15, -0.1) is 0 Å². The lowest BCUT2D eigenvalue weighted by atomic mass is 10.0. The Morgan fingerprint density at radius 2 is 1.92 bits per heavy atom. The van der Waals surface area contributed by atoms with E-state index in [9.17, 15) is 27.9 Å². The van der Waals surface area contributed by atoms with Crippen LogP contribution >= 0.6 is 0 Å². The Morgan fingerprint density at radius 1 is 1.31 bits per heavy atom. The molecule has 1 aliphatic heterocycles. The molecule has 0 spiro atoms. The van der Waals surface area contributed by atoms with Crippen molar-refractivity contribution in [3.63, 3.8) is 0 Å². The number of ether oxygens (including phenoxy) is 1. The topological polar surface area (TPSA) is 119 Å². The third kappa shape index (κ3) is 5.87. The minimum atomic E-state index is -4.59. The minimum absolute atomic E-state index is 0. The molecule has 146 valence electrons. The summed E-state index contributed by atoms with van der Waals surface area (Å²) in [6.45, 7) is 2.04. The van der Waals surface area contributed by atoms with Crippen molar-refractivity contribution >= 4 is 17.8 Å². The number of carbonyl (C=O) groups is 2. The van der Waals surface area contributed by atoms with Crippen molar-refractivity contribution in [2.45, 2.75) is 44.9 Å². The molecule has 1 aliphatic rings. The molecule has 1 fully saturated rings. The van der Waals surface area contributed by atoms with Crippen molar-refractivity contribution in [1.82, 2.24) is 11.1 Å². The Balaban J connectivity index is 0.00000338. The van der Waals surface area contributed by atoms with Crippen molar-refractivity contribution in [3.05, 3.63) is 23.4 Å². The number of carbonyl (C=O) groups excluding carboxylic acids is 2. The summed E-state index contributed by atoms with van der Waals surface area (Å²) in [6, 6.07) is 2.10. The van der Waals surface area contributed by atoms with Crippen LogP contribution in [0.4, 0.5) is 19.0 Å². The van der Waals surface area contributed by atoms with Crippen molar-refractivity contribution in [2.75, 3.05) is 18.0 Å². The summed E-state index contributed by atoms with van der Waals surface area (Å²) >= 11 is 0. The molecular weight excluding hydrogens is 355 g/mol. The van der Waals surface area contributed by atoms with E-state index in [4.69, 9.17) is 4.74 Å². The summed E-state index contributed by atoms with van der Waals surface area (Å²) in [4.78, 5) is 27.0. The predicted molar refractivity (Wildman–Crippen MR) is 85.6 cm³/mol. The van der Waals surface area contributed by atoms with Gasteiger partial charge >= 0.3 is 12.1 Å². The number of aliphatic carboxylic acids is 1. The van der Waals surface area contributed by atoms with Crippen LogP contribution in [-0.2, 0) is 26.9 Å². The molecule has 7 nitrogen and oxygen atoms in total. The summed E-state index contributed by atoms with van der Waals surface area (Å²) < 4.78 is 43.9. The van der Waals surface area contributed by atoms with Crippen LogP contribution in [0.1, 0.15) is 37.4 Å². The third-order valence-corrected chi connectivity index (χ3v) is 3.92. The highest BCUT2D eigenvalue weighted by molar-refractivity contribution is 5.66. The molecule has 0 bridgehead atoms. The Morgan fingerprint density at radius 3 is 2.42 bits per heavy atom. The molecule has 1 aromatic rings. The monoisotopic (exact) mass is 377 g/mol. The number of aromatic nitrogens is 1. The quantitative estimate of drug-likeness (QED) is 0.780. The standard InChI is InChI=1S/C16H19F3N2O4.H3N/c1-10(22)25-12-6-8-21(9-7-12)15-11(3-5-14(23)24)2-4-13(20-15)16(17,18)19;/h2,4,12H,3,5-9H2,1H3,(H,23,24);1H3. The van der Waals surface area contributed by atoms with Gasteiger partial charge in [0.05, 0.1) is 0 Å². The number of hydrogen-bond donors (Lipinski definition) is 1. The second-order valence-corrected chi connectivity index (χ2v) is 5.84. The molecular formula is C16H22F3N3O4. The van der Waals surface area contributed by atoms with E-state index in [-0.39, 0.29) is 30.9 Å². The number of nitrogens with zero attached hydrogens (tertiary/aromatic N) is 2. The normalized spacial score (nSPS) is 15.3. The molecule has 0 saturated carbocycles. The van der Waals surface area contributed by atoms with Gasteiger partial charge in [-0.1, -0.05) is 6.07 Å². The van der Waals surface area contributed by atoms with Crippen LogP contribution in [0.2, 0.25) is 0 Å². The van der Waals surface area contributed by atoms with Crippen LogP contribution in [0.15, 0.2) is 12.1 Å². The van der Waals surface area contributed by atoms with Gasteiger partial charge in [-0.2, -0.15) is 13.2 Å². The molecule has 1 aromatic heterocycles. The maximum Gasteiger partial charge on any atom is 0.433 e. The highest BCUT2D eigenvalue weighted by atomic mass is 19.4. The largest absolute Gasteiger partial charge is 0.550 e. The number of rotatable bonds is 5. The highest BCUT2D eigenvalue weighted by Gasteiger charge is 2.34. The molecule has 0 atom stereocenters. The zero-order valence-electron chi connectivity index (χ0n) is 14.6. The number of alkyl halides is 3. The molecule has 4 N–H and O–H groups in total. The second kappa shape index (κ2) is 8.84. The maximum absolute atomic E-state index is 12.9. The number of quaternary nitrogens is 1. The fourth-order valence-electron chi connectivity index (χ4n) is 2.76. The SMILES string of the molecule is CC(=O)OC1CCN(c2nc(C(F)(F)F)ccc2CCC(=O)[O-])CC1.[NH4+]. The maximum atomic E-state index is 12.9. The van der Waals surface area contributed by atoms with Crippen LogP contribution in [0.3, 0.4) is 0 Å². The lowest BCUT2D eigenvalue weighted by molar-refractivity contribution is -0.305. The van der Waals surface area contributed by atoms with Crippen LogP contribution in [-0.4, -0.2) is 36.1 Å². The van der Waals surface area contributed by atoms with E-state index in [0.29, 0.717) is 31.5 Å². The summed E-state index contributed by atoms with van der Waals surface area (Å²) in [5.41, 5.74) is -0.607. The molecule has 0 amide bonds. The lowest BCUT2D eigenvalue weighted by Crippen LogP contribution is -2.39.